The first-order valence-corrected chi connectivity index (χ1v) is 13.3. The van der Waals surface area contributed by atoms with Gasteiger partial charge in [-0.1, -0.05) is 64.8 Å². The van der Waals surface area contributed by atoms with Gasteiger partial charge in [0.1, 0.15) is 22.8 Å². The normalized spacial score (nSPS) is 16.7. The summed E-state index contributed by atoms with van der Waals surface area (Å²) in [5, 5.41) is 4.69. The Labute approximate surface area is 226 Å². The molecule has 0 aliphatic carbocycles. The second-order valence-corrected chi connectivity index (χ2v) is 10.9. The summed E-state index contributed by atoms with van der Waals surface area (Å²) in [7, 11) is 0. The van der Waals surface area contributed by atoms with E-state index in [0.29, 0.717) is 34.1 Å². The topological polar surface area (TPSA) is 49.6 Å². The second kappa shape index (κ2) is 9.68. The lowest BCUT2D eigenvalue weighted by Gasteiger charge is -2.40. The fourth-order valence-electron chi connectivity index (χ4n) is 5.94. The quantitative estimate of drug-likeness (QED) is 0.287. The number of rotatable bonds is 4. The number of aryl methyl sites for hydroxylation is 2. The molecular formula is C31H29ClFN3O2. The van der Waals surface area contributed by atoms with E-state index >= 15 is 0 Å². The van der Waals surface area contributed by atoms with Crippen molar-refractivity contribution in [2.75, 3.05) is 24.5 Å². The fourth-order valence-corrected chi connectivity index (χ4v) is 6.16. The molecule has 0 N–H and O–H groups in total. The third kappa shape index (κ3) is 4.32. The van der Waals surface area contributed by atoms with Gasteiger partial charge in [-0.25, -0.2) is 4.39 Å². The monoisotopic (exact) mass is 529 g/mol. The summed E-state index contributed by atoms with van der Waals surface area (Å²) in [6.07, 6.45) is 1.69. The van der Waals surface area contributed by atoms with Crippen LogP contribution < -0.4 is 4.90 Å². The molecule has 1 fully saturated rings. The van der Waals surface area contributed by atoms with Crippen LogP contribution in [-0.4, -0.2) is 35.6 Å². The van der Waals surface area contributed by atoms with Crippen LogP contribution in [0.3, 0.4) is 0 Å². The molecule has 194 valence electrons. The third-order valence-corrected chi connectivity index (χ3v) is 8.40. The molecule has 1 amide bonds. The standard InChI is InChI=1S/C31H29ClFN3O2/c1-20-7-9-22(10-8-20)18-35-15-13-31(14-16-35)19-36(27-12-11-23(33)17-25(27)31)30(37)28-21(2)38-34-29(28)24-5-3-4-6-26(24)32/h3-12,17H,13-16,18-19H2,1-2H3. The molecule has 4 aromatic rings. The number of halogens is 2. The van der Waals surface area contributed by atoms with Crippen LogP contribution in [0, 0.1) is 19.7 Å². The number of carbonyl (C=O) groups excluding carboxylic acids is 1. The van der Waals surface area contributed by atoms with Gasteiger partial charge in [0.25, 0.3) is 5.91 Å². The minimum Gasteiger partial charge on any atom is -0.360 e. The number of piperidine rings is 1. The van der Waals surface area contributed by atoms with Crippen LogP contribution in [0.15, 0.2) is 71.3 Å². The number of amides is 1. The van der Waals surface area contributed by atoms with E-state index in [9.17, 15) is 9.18 Å². The summed E-state index contributed by atoms with van der Waals surface area (Å²) >= 11 is 6.45. The van der Waals surface area contributed by atoms with Gasteiger partial charge in [-0.3, -0.25) is 9.69 Å². The Bertz CT molecular complexity index is 1510. The lowest BCUT2D eigenvalue weighted by atomic mass is 9.74. The van der Waals surface area contributed by atoms with Crippen LogP contribution in [0.5, 0.6) is 0 Å². The predicted molar refractivity (Wildman–Crippen MR) is 147 cm³/mol. The van der Waals surface area contributed by atoms with Gasteiger partial charge in [-0.15, -0.1) is 0 Å². The molecular weight excluding hydrogens is 501 g/mol. The second-order valence-electron chi connectivity index (χ2n) is 10.5. The SMILES string of the molecule is Cc1ccc(CN2CCC3(CC2)CN(C(=O)c2c(-c4ccccc4Cl)noc2C)c2ccc(F)cc23)cc1. The highest BCUT2D eigenvalue weighted by molar-refractivity contribution is 6.33. The molecule has 7 heteroatoms. The minimum absolute atomic E-state index is 0.203. The number of fused-ring (bicyclic) bond motifs is 2. The molecule has 2 aliphatic heterocycles. The van der Waals surface area contributed by atoms with Crippen molar-refractivity contribution in [2.45, 2.75) is 38.6 Å². The predicted octanol–water partition coefficient (Wildman–Crippen LogP) is 6.95. The molecule has 6 rings (SSSR count). The number of aromatic nitrogens is 1. The zero-order valence-electron chi connectivity index (χ0n) is 21.5. The van der Waals surface area contributed by atoms with Gasteiger partial charge in [0.05, 0.1) is 5.02 Å². The Morgan fingerprint density at radius 3 is 2.53 bits per heavy atom. The van der Waals surface area contributed by atoms with Crippen LogP contribution in [0.1, 0.15) is 45.7 Å². The highest BCUT2D eigenvalue weighted by Crippen LogP contribution is 2.48. The van der Waals surface area contributed by atoms with E-state index in [-0.39, 0.29) is 17.1 Å². The van der Waals surface area contributed by atoms with Gasteiger partial charge in [0.15, 0.2) is 0 Å². The lowest BCUT2D eigenvalue weighted by Crippen LogP contribution is -2.45. The summed E-state index contributed by atoms with van der Waals surface area (Å²) in [5.74, 6) is -0.0506. The number of anilines is 1. The molecule has 2 aliphatic rings. The molecule has 38 heavy (non-hydrogen) atoms. The van der Waals surface area contributed by atoms with Crippen molar-refractivity contribution >= 4 is 23.2 Å². The number of nitrogens with zero attached hydrogens (tertiary/aromatic N) is 3. The summed E-state index contributed by atoms with van der Waals surface area (Å²) in [4.78, 5) is 18.3. The summed E-state index contributed by atoms with van der Waals surface area (Å²) in [6.45, 7) is 6.97. The number of hydrogen-bond acceptors (Lipinski definition) is 4. The van der Waals surface area contributed by atoms with Gasteiger partial charge in [0, 0.05) is 29.8 Å². The largest absolute Gasteiger partial charge is 0.360 e. The molecule has 1 aromatic heterocycles. The molecule has 1 spiro atoms. The van der Waals surface area contributed by atoms with Crippen LogP contribution in [0.2, 0.25) is 5.02 Å². The Morgan fingerprint density at radius 2 is 1.79 bits per heavy atom. The molecule has 5 nitrogen and oxygen atoms in total. The maximum Gasteiger partial charge on any atom is 0.264 e. The van der Waals surface area contributed by atoms with Gasteiger partial charge in [-0.05, 0) is 75.2 Å². The maximum absolute atomic E-state index is 14.5. The molecule has 3 heterocycles. The highest BCUT2D eigenvalue weighted by Gasteiger charge is 2.47. The lowest BCUT2D eigenvalue weighted by molar-refractivity contribution is 0.0974. The number of hydrogen-bond donors (Lipinski definition) is 0. The van der Waals surface area contributed by atoms with Crippen molar-refractivity contribution in [3.8, 4) is 11.3 Å². The first-order valence-electron chi connectivity index (χ1n) is 13.0. The molecule has 0 unspecified atom stereocenters. The minimum atomic E-state index is -0.299. The fraction of sp³-hybridized carbons (Fsp3) is 0.290. The molecule has 0 bridgehead atoms. The highest BCUT2D eigenvalue weighted by atomic mass is 35.5. The van der Waals surface area contributed by atoms with Crippen molar-refractivity contribution in [1.29, 1.82) is 0 Å². The van der Waals surface area contributed by atoms with E-state index in [2.05, 4.69) is 41.2 Å². The van der Waals surface area contributed by atoms with Crippen LogP contribution in [0.4, 0.5) is 10.1 Å². The first-order chi connectivity index (χ1) is 18.3. The first kappa shape index (κ1) is 24.8. The Balaban J connectivity index is 1.30. The van der Waals surface area contributed by atoms with Gasteiger partial charge in [-0.2, -0.15) is 0 Å². The van der Waals surface area contributed by atoms with E-state index in [1.54, 1.807) is 30.0 Å². The Kier molecular flexibility index (Phi) is 6.33. The van der Waals surface area contributed by atoms with Gasteiger partial charge < -0.3 is 9.42 Å². The molecule has 0 atom stereocenters. The smallest absolute Gasteiger partial charge is 0.264 e. The third-order valence-electron chi connectivity index (χ3n) is 8.07. The zero-order valence-corrected chi connectivity index (χ0v) is 22.3. The van der Waals surface area contributed by atoms with Crippen molar-refractivity contribution in [2.24, 2.45) is 0 Å². The van der Waals surface area contributed by atoms with Crippen LogP contribution >= 0.6 is 11.6 Å². The zero-order chi connectivity index (χ0) is 26.4. The number of carbonyl (C=O) groups is 1. The van der Waals surface area contributed by atoms with Crippen LogP contribution in [0.25, 0.3) is 11.3 Å². The molecule has 3 aromatic carbocycles. The average molecular weight is 530 g/mol. The number of benzene rings is 3. The van der Waals surface area contributed by atoms with Gasteiger partial charge in [0.2, 0.25) is 0 Å². The Morgan fingerprint density at radius 1 is 1.05 bits per heavy atom. The van der Waals surface area contributed by atoms with E-state index in [4.69, 9.17) is 16.1 Å². The van der Waals surface area contributed by atoms with E-state index in [1.807, 2.05) is 18.2 Å². The van der Waals surface area contributed by atoms with Gasteiger partial charge >= 0.3 is 0 Å². The average Bonchev–Trinajstić information content (AvgIpc) is 3.44. The molecule has 1 saturated heterocycles. The van der Waals surface area contributed by atoms with Crippen LogP contribution in [-0.2, 0) is 12.0 Å². The van der Waals surface area contributed by atoms with Crippen molar-refractivity contribution in [3.63, 3.8) is 0 Å². The summed E-state index contributed by atoms with van der Waals surface area (Å²) in [5.41, 5.74) is 5.37. The van der Waals surface area contributed by atoms with E-state index in [1.165, 1.54) is 17.2 Å². The van der Waals surface area contributed by atoms with Crippen molar-refractivity contribution in [3.05, 3.63) is 106 Å². The molecule has 0 radical (unpaired) electrons. The van der Waals surface area contributed by atoms with E-state index < -0.39 is 0 Å². The molecule has 0 saturated carbocycles. The van der Waals surface area contributed by atoms with Crippen molar-refractivity contribution < 1.29 is 13.7 Å². The van der Waals surface area contributed by atoms with Crippen molar-refractivity contribution in [1.82, 2.24) is 10.1 Å². The summed E-state index contributed by atoms with van der Waals surface area (Å²) < 4.78 is 20.0. The summed E-state index contributed by atoms with van der Waals surface area (Å²) in [6, 6.07) is 20.7. The van der Waals surface area contributed by atoms with E-state index in [0.717, 1.165) is 43.7 Å². The Hall–Kier alpha value is -3.48. The maximum atomic E-state index is 14.5. The number of likely N-dealkylation sites (tertiary alicyclic amines) is 1.